The van der Waals surface area contributed by atoms with Crippen LogP contribution in [0.1, 0.15) is 20.7 Å². The number of nitrogens with zero attached hydrogens (tertiary/aromatic N) is 1. The Balaban J connectivity index is 2.10. The van der Waals surface area contributed by atoms with E-state index >= 15 is 0 Å². The van der Waals surface area contributed by atoms with Crippen LogP contribution in [0.3, 0.4) is 0 Å². The first-order valence-electron chi connectivity index (χ1n) is 9.37. The van der Waals surface area contributed by atoms with Gasteiger partial charge in [0, 0.05) is 36.1 Å². The number of rotatable bonds is 9. The molecule has 2 amide bonds. The van der Waals surface area contributed by atoms with Crippen molar-refractivity contribution in [1.29, 1.82) is 0 Å². The maximum atomic E-state index is 12.6. The highest BCUT2D eigenvalue weighted by molar-refractivity contribution is 6.05. The first-order chi connectivity index (χ1) is 15.7. The zero-order valence-electron chi connectivity index (χ0n) is 17.9. The van der Waals surface area contributed by atoms with Crippen molar-refractivity contribution in [3.05, 3.63) is 69.8 Å². The third-order valence-corrected chi connectivity index (χ3v) is 4.48. The Morgan fingerprint density at radius 2 is 1.33 bits per heavy atom. The monoisotopic (exact) mass is 459 g/mol. The lowest BCUT2D eigenvalue weighted by atomic mass is 10.1. The van der Waals surface area contributed by atoms with Gasteiger partial charge in [-0.1, -0.05) is 0 Å². The van der Waals surface area contributed by atoms with Crippen LogP contribution < -0.4 is 10.6 Å². The number of nitro benzene ring substituents is 1. The summed E-state index contributed by atoms with van der Waals surface area (Å²) in [6, 6.07) is 9.25. The second-order valence-corrected chi connectivity index (χ2v) is 6.49. The number of amides is 2. The maximum absolute atomic E-state index is 12.6. The summed E-state index contributed by atoms with van der Waals surface area (Å²) >= 11 is 0. The average Bonchev–Trinajstić information content (AvgIpc) is 2.83. The highest BCUT2D eigenvalue weighted by Gasteiger charge is 2.37. The van der Waals surface area contributed by atoms with Crippen molar-refractivity contribution in [2.45, 2.75) is 12.1 Å². The van der Waals surface area contributed by atoms with Gasteiger partial charge in [-0.3, -0.25) is 19.7 Å². The van der Waals surface area contributed by atoms with E-state index in [0.29, 0.717) is 5.69 Å². The summed E-state index contributed by atoms with van der Waals surface area (Å²) in [6.45, 7) is 0. The molecule has 2 unspecified atom stereocenters. The minimum atomic E-state index is -1.46. The lowest BCUT2D eigenvalue weighted by Crippen LogP contribution is -2.53. The summed E-state index contributed by atoms with van der Waals surface area (Å²) in [5, 5.41) is 15.7. The molecule has 0 fully saturated rings. The third-order valence-electron chi connectivity index (χ3n) is 4.48. The molecule has 0 saturated carbocycles. The van der Waals surface area contributed by atoms with Crippen LogP contribution >= 0.6 is 0 Å². The standard InChI is InChI=1S/C21H21N3O9/c1-31-17(21(28)33-3)16(20(27)32-2)23-19(26)12-4-8-14(9-5-12)22-18(25)13-6-10-15(11-7-13)24(29)30/h4-11,16-17H,1-3H3,(H,22,25)(H,23,26). The fourth-order valence-electron chi connectivity index (χ4n) is 2.74. The van der Waals surface area contributed by atoms with Gasteiger partial charge in [-0.05, 0) is 36.4 Å². The maximum Gasteiger partial charge on any atom is 0.337 e. The number of nitro groups is 1. The topological polar surface area (TPSA) is 163 Å². The number of carbonyl (C=O) groups is 4. The number of hydrogen-bond donors (Lipinski definition) is 2. The summed E-state index contributed by atoms with van der Waals surface area (Å²) in [7, 11) is 3.37. The van der Waals surface area contributed by atoms with Crippen LogP contribution in [0, 0.1) is 10.1 Å². The normalized spacial score (nSPS) is 12.1. The minimum absolute atomic E-state index is 0.122. The number of non-ortho nitro benzene ring substituents is 1. The number of benzene rings is 2. The molecule has 2 aromatic rings. The van der Waals surface area contributed by atoms with Crippen molar-refractivity contribution in [2.24, 2.45) is 0 Å². The summed E-state index contributed by atoms with van der Waals surface area (Å²) in [6.07, 6.45) is -1.42. The van der Waals surface area contributed by atoms with Crippen molar-refractivity contribution >= 4 is 35.1 Å². The summed E-state index contributed by atoms with van der Waals surface area (Å²) < 4.78 is 14.2. The quantitative estimate of drug-likeness (QED) is 0.320. The zero-order chi connectivity index (χ0) is 24.5. The Bertz CT molecular complexity index is 1040. The van der Waals surface area contributed by atoms with Gasteiger partial charge in [0.2, 0.25) is 0 Å². The molecule has 2 N–H and O–H groups in total. The molecule has 2 aromatic carbocycles. The molecule has 2 atom stereocenters. The lowest BCUT2D eigenvalue weighted by Gasteiger charge is -2.23. The van der Waals surface area contributed by atoms with Gasteiger partial charge < -0.3 is 24.8 Å². The van der Waals surface area contributed by atoms with E-state index in [1.807, 2.05) is 0 Å². The van der Waals surface area contributed by atoms with Crippen LogP contribution in [0.25, 0.3) is 0 Å². The van der Waals surface area contributed by atoms with E-state index < -0.39 is 40.8 Å². The molecule has 0 saturated heterocycles. The molecule has 33 heavy (non-hydrogen) atoms. The molecule has 174 valence electrons. The smallest absolute Gasteiger partial charge is 0.337 e. The van der Waals surface area contributed by atoms with Gasteiger partial charge in [-0.25, -0.2) is 9.59 Å². The fourth-order valence-corrected chi connectivity index (χ4v) is 2.74. The molecule has 0 heterocycles. The number of hydrogen-bond acceptors (Lipinski definition) is 9. The van der Waals surface area contributed by atoms with Gasteiger partial charge in [-0.2, -0.15) is 0 Å². The van der Waals surface area contributed by atoms with Crippen LogP contribution in [0.2, 0.25) is 0 Å². The number of anilines is 1. The zero-order valence-corrected chi connectivity index (χ0v) is 17.9. The van der Waals surface area contributed by atoms with Crippen molar-refractivity contribution < 1.29 is 38.3 Å². The largest absolute Gasteiger partial charge is 0.467 e. The van der Waals surface area contributed by atoms with E-state index in [-0.39, 0.29) is 16.8 Å². The van der Waals surface area contributed by atoms with E-state index in [2.05, 4.69) is 20.1 Å². The highest BCUT2D eigenvalue weighted by Crippen LogP contribution is 2.15. The number of nitrogens with one attached hydrogen (secondary N) is 2. The first-order valence-corrected chi connectivity index (χ1v) is 9.37. The van der Waals surface area contributed by atoms with E-state index in [0.717, 1.165) is 14.2 Å². The Labute approximate surface area is 188 Å². The van der Waals surface area contributed by atoms with E-state index in [4.69, 9.17) is 4.74 Å². The molecule has 12 nitrogen and oxygen atoms in total. The van der Waals surface area contributed by atoms with Crippen LogP contribution in [0.15, 0.2) is 48.5 Å². The van der Waals surface area contributed by atoms with Gasteiger partial charge in [0.15, 0.2) is 12.1 Å². The number of ether oxygens (including phenoxy) is 3. The second kappa shape index (κ2) is 11.3. The Morgan fingerprint density at radius 1 is 0.818 bits per heavy atom. The number of methoxy groups -OCH3 is 3. The molecular weight excluding hydrogens is 438 g/mol. The Morgan fingerprint density at radius 3 is 1.82 bits per heavy atom. The molecule has 0 aliphatic carbocycles. The van der Waals surface area contributed by atoms with E-state index in [9.17, 15) is 29.3 Å². The molecule has 0 spiro atoms. The molecule has 0 aliphatic heterocycles. The van der Waals surface area contributed by atoms with Gasteiger partial charge in [-0.15, -0.1) is 0 Å². The third kappa shape index (κ3) is 6.33. The molecule has 0 aliphatic rings. The van der Waals surface area contributed by atoms with Crippen LogP contribution in [-0.2, 0) is 23.8 Å². The van der Waals surface area contributed by atoms with Crippen molar-refractivity contribution in [2.75, 3.05) is 26.6 Å². The Hall–Kier alpha value is -4.32. The average molecular weight is 459 g/mol. The van der Waals surface area contributed by atoms with E-state index in [1.165, 1.54) is 55.6 Å². The van der Waals surface area contributed by atoms with Crippen molar-refractivity contribution in [3.8, 4) is 0 Å². The fraction of sp³-hybridized carbons (Fsp3) is 0.238. The Kier molecular flexibility index (Phi) is 8.57. The van der Waals surface area contributed by atoms with Gasteiger partial charge >= 0.3 is 11.9 Å². The SMILES string of the molecule is COC(=O)C(NC(=O)c1ccc(NC(=O)c2ccc([N+](=O)[O-])cc2)cc1)C(OC)C(=O)OC. The number of carbonyl (C=O) groups excluding carboxylic acids is 4. The van der Waals surface area contributed by atoms with Crippen molar-refractivity contribution in [1.82, 2.24) is 5.32 Å². The molecule has 2 rings (SSSR count). The van der Waals surface area contributed by atoms with Crippen LogP contribution in [0.5, 0.6) is 0 Å². The molecule has 0 bridgehead atoms. The minimum Gasteiger partial charge on any atom is -0.467 e. The van der Waals surface area contributed by atoms with Crippen LogP contribution in [-0.4, -0.2) is 62.2 Å². The van der Waals surface area contributed by atoms with Crippen LogP contribution in [0.4, 0.5) is 11.4 Å². The van der Waals surface area contributed by atoms with Crippen molar-refractivity contribution in [3.63, 3.8) is 0 Å². The molecular formula is C21H21N3O9. The predicted octanol–water partition coefficient (Wildman–Crippen LogP) is 1.31. The lowest BCUT2D eigenvalue weighted by molar-refractivity contribution is -0.384. The van der Waals surface area contributed by atoms with Gasteiger partial charge in [0.05, 0.1) is 19.1 Å². The second-order valence-electron chi connectivity index (χ2n) is 6.49. The summed E-state index contributed by atoms with van der Waals surface area (Å²) in [5.74, 6) is -3.00. The number of esters is 2. The molecule has 12 heteroatoms. The predicted molar refractivity (Wildman–Crippen MR) is 114 cm³/mol. The first kappa shape index (κ1) is 24.9. The molecule has 0 aromatic heterocycles. The molecule has 0 radical (unpaired) electrons. The summed E-state index contributed by atoms with van der Waals surface area (Å²) in [4.78, 5) is 58.9. The van der Waals surface area contributed by atoms with E-state index in [1.54, 1.807) is 0 Å². The summed E-state index contributed by atoms with van der Waals surface area (Å²) in [5.41, 5.74) is 0.535. The van der Waals surface area contributed by atoms with Gasteiger partial charge in [0.1, 0.15) is 0 Å². The van der Waals surface area contributed by atoms with Gasteiger partial charge in [0.25, 0.3) is 17.5 Å². The highest BCUT2D eigenvalue weighted by atomic mass is 16.6.